The van der Waals surface area contributed by atoms with Crippen molar-refractivity contribution in [3.05, 3.63) is 0 Å². The van der Waals surface area contributed by atoms with Crippen LogP contribution in [-0.2, 0) is 9.59 Å². The molecule has 0 aliphatic carbocycles. The zero-order valence-electron chi connectivity index (χ0n) is 6.96. The van der Waals surface area contributed by atoms with E-state index in [0.29, 0.717) is 0 Å². The lowest BCUT2D eigenvalue weighted by molar-refractivity contribution is -0.125. The number of nitrogens with one attached hydrogen (secondary N) is 1. The minimum Gasteiger partial charge on any atom is -0.348 e. The summed E-state index contributed by atoms with van der Waals surface area (Å²) in [6, 6.07) is -0.714. The lowest BCUT2D eigenvalue weighted by Gasteiger charge is -2.07. The van der Waals surface area contributed by atoms with Gasteiger partial charge in [-0.2, -0.15) is 0 Å². The number of rotatable bonds is 4. The first kappa shape index (κ1) is 10.7. The van der Waals surface area contributed by atoms with Crippen LogP contribution in [0.3, 0.4) is 0 Å². The van der Waals surface area contributed by atoms with E-state index in [1.54, 1.807) is 0 Å². The topological polar surface area (TPSA) is 72.2 Å². The molecule has 4 heteroatoms. The molecule has 0 bridgehead atoms. The van der Waals surface area contributed by atoms with E-state index in [2.05, 4.69) is 11.2 Å². The van der Waals surface area contributed by atoms with E-state index in [0.717, 1.165) is 0 Å². The predicted octanol–water partition coefficient (Wildman–Crippen LogP) is -0.958. The smallest absolute Gasteiger partial charge is 0.238 e. The fourth-order valence-corrected chi connectivity index (χ4v) is 0.562. The van der Waals surface area contributed by atoms with E-state index in [1.807, 2.05) is 0 Å². The normalized spacial score (nSPS) is 11.4. The molecule has 0 radical (unpaired) electrons. The number of nitrogens with two attached hydrogens (primary N) is 1. The van der Waals surface area contributed by atoms with Crippen LogP contribution in [0.4, 0.5) is 0 Å². The number of terminal acetylenes is 1. The number of amides is 1. The zero-order chi connectivity index (χ0) is 9.56. The van der Waals surface area contributed by atoms with Crippen LogP contribution in [0.5, 0.6) is 0 Å². The second-order valence-electron chi connectivity index (χ2n) is 2.43. The van der Waals surface area contributed by atoms with E-state index in [9.17, 15) is 9.59 Å². The molecule has 0 aliphatic heterocycles. The summed E-state index contributed by atoms with van der Waals surface area (Å²) in [5.74, 6) is 1.76. The fraction of sp³-hybridized carbons (Fsp3) is 0.500. The highest BCUT2D eigenvalue weighted by Crippen LogP contribution is 1.84. The minimum atomic E-state index is -0.714. The van der Waals surface area contributed by atoms with E-state index in [1.165, 1.54) is 6.92 Å². The average molecular weight is 168 g/mol. The fourth-order valence-electron chi connectivity index (χ4n) is 0.562. The molecule has 0 aromatic heterocycles. The summed E-state index contributed by atoms with van der Waals surface area (Å²) in [5.41, 5.74) is 5.35. The third-order valence-electron chi connectivity index (χ3n) is 1.19. The van der Waals surface area contributed by atoms with Gasteiger partial charge < -0.3 is 11.1 Å². The molecule has 0 spiro atoms. The summed E-state index contributed by atoms with van der Waals surface area (Å²) in [6.07, 6.45) is 5.13. The molecule has 3 N–H and O–H groups in total. The lowest BCUT2D eigenvalue weighted by atomic mass is 10.2. The quantitative estimate of drug-likeness (QED) is 0.531. The Balaban J connectivity index is 3.73. The van der Waals surface area contributed by atoms with Crippen molar-refractivity contribution in [2.45, 2.75) is 19.4 Å². The van der Waals surface area contributed by atoms with Crippen molar-refractivity contribution in [2.75, 3.05) is 6.54 Å². The Morgan fingerprint density at radius 2 is 2.25 bits per heavy atom. The Labute approximate surface area is 71.5 Å². The van der Waals surface area contributed by atoms with Crippen LogP contribution in [0.1, 0.15) is 13.3 Å². The third-order valence-corrected chi connectivity index (χ3v) is 1.19. The van der Waals surface area contributed by atoms with Crippen LogP contribution in [0.25, 0.3) is 0 Å². The molecule has 12 heavy (non-hydrogen) atoms. The summed E-state index contributed by atoms with van der Waals surface area (Å²) < 4.78 is 0. The second-order valence-corrected chi connectivity index (χ2v) is 2.43. The van der Waals surface area contributed by atoms with Gasteiger partial charge in [-0.05, 0) is 6.92 Å². The number of ketones is 1. The largest absolute Gasteiger partial charge is 0.348 e. The first-order chi connectivity index (χ1) is 5.57. The summed E-state index contributed by atoms with van der Waals surface area (Å²) in [7, 11) is 0. The standard InChI is InChI=1S/C8H12N2O2/c1-3-4-7(9)8(12)10-5-6(2)11/h1,7H,4-5,9H2,2H3,(H,10,12). The molecular formula is C8H12N2O2. The van der Waals surface area contributed by atoms with Gasteiger partial charge in [0.15, 0.2) is 0 Å². The van der Waals surface area contributed by atoms with Crippen molar-refractivity contribution in [2.24, 2.45) is 5.73 Å². The van der Waals surface area contributed by atoms with E-state index in [-0.39, 0.29) is 24.7 Å². The predicted molar refractivity (Wildman–Crippen MR) is 45.1 cm³/mol. The summed E-state index contributed by atoms with van der Waals surface area (Å²) in [6.45, 7) is 1.39. The molecule has 0 aromatic carbocycles. The Hall–Kier alpha value is -1.34. The van der Waals surface area contributed by atoms with Crippen LogP contribution in [0, 0.1) is 12.3 Å². The Kier molecular flexibility index (Phi) is 4.73. The first-order valence-electron chi connectivity index (χ1n) is 3.54. The van der Waals surface area contributed by atoms with Gasteiger partial charge in [0, 0.05) is 6.42 Å². The van der Waals surface area contributed by atoms with Gasteiger partial charge in [-0.25, -0.2) is 0 Å². The first-order valence-corrected chi connectivity index (χ1v) is 3.54. The average Bonchev–Trinajstić information content (AvgIpc) is 2.00. The van der Waals surface area contributed by atoms with Crippen molar-refractivity contribution < 1.29 is 9.59 Å². The highest BCUT2D eigenvalue weighted by atomic mass is 16.2. The number of hydrogen-bond acceptors (Lipinski definition) is 3. The van der Waals surface area contributed by atoms with E-state index < -0.39 is 6.04 Å². The van der Waals surface area contributed by atoms with Crippen LogP contribution in [-0.4, -0.2) is 24.3 Å². The van der Waals surface area contributed by atoms with Crippen molar-refractivity contribution in [3.8, 4) is 12.3 Å². The molecule has 0 saturated heterocycles. The number of hydrogen-bond donors (Lipinski definition) is 2. The molecule has 0 heterocycles. The van der Waals surface area contributed by atoms with Crippen LogP contribution >= 0.6 is 0 Å². The molecule has 66 valence electrons. The molecule has 1 unspecified atom stereocenters. The maximum absolute atomic E-state index is 11.0. The maximum Gasteiger partial charge on any atom is 0.238 e. The van der Waals surface area contributed by atoms with Gasteiger partial charge in [-0.3, -0.25) is 9.59 Å². The molecule has 4 nitrogen and oxygen atoms in total. The van der Waals surface area contributed by atoms with Gasteiger partial charge in [0.1, 0.15) is 5.78 Å². The number of carbonyl (C=O) groups excluding carboxylic acids is 2. The highest BCUT2D eigenvalue weighted by Gasteiger charge is 2.11. The van der Waals surface area contributed by atoms with Gasteiger partial charge in [0.25, 0.3) is 0 Å². The van der Waals surface area contributed by atoms with Crippen LogP contribution < -0.4 is 11.1 Å². The van der Waals surface area contributed by atoms with Crippen molar-refractivity contribution >= 4 is 11.7 Å². The molecule has 0 fully saturated rings. The maximum atomic E-state index is 11.0. The number of Topliss-reactive ketones (excluding diaryl/α,β-unsaturated/α-hetero) is 1. The van der Waals surface area contributed by atoms with Gasteiger partial charge in [-0.1, -0.05) is 0 Å². The van der Waals surface area contributed by atoms with Gasteiger partial charge in [0.05, 0.1) is 12.6 Å². The summed E-state index contributed by atoms with van der Waals surface area (Å²) >= 11 is 0. The second kappa shape index (κ2) is 5.33. The molecular weight excluding hydrogens is 156 g/mol. The molecule has 0 rings (SSSR count). The van der Waals surface area contributed by atoms with Crippen molar-refractivity contribution in [3.63, 3.8) is 0 Å². The highest BCUT2D eigenvalue weighted by molar-refractivity contribution is 5.87. The van der Waals surface area contributed by atoms with Crippen molar-refractivity contribution in [1.29, 1.82) is 0 Å². The zero-order valence-corrected chi connectivity index (χ0v) is 6.96. The van der Waals surface area contributed by atoms with Crippen LogP contribution in [0.15, 0.2) is 0 Å². The number of carbonyl (C=O) groups is 2. The molecule has 0 saturated carbocycles. The Morgan fingerprint density at radius 3 is 2.67 bits per heavy atom. The van der Waals surface area contributed by atoms with Crippen molar-refractivity contribution in [1.82, 2.24) is 5.32 Å². The summed E-state index contributed by atoms with van der Waals surface area (Å²) in [5, 5.41) is 2.36. The Morgan fingerprint density at radius 1 is 1.67 bits per heavy atom. The Bertz CT molecular complexity index is 218. The third kappa shape index (κ3) is 4.47. The lowest BCUT2D eigenvalue weighted by Crippen LogP contribution is -2.41. The minimum absolute atomic E-state index is 0.0110. The molecule has 1 atom stereocenters. The molecule has 0 aliphatic rings. The van der Waals surface area contributed by atoms with E-state index >= 15 is 0 Å². The molecule has 0 aromatic rings. The van der Waals surface area contributed by atoms with Gasteiger partial charge in [0.2, 0.25) is 5.91 Å². The summed E-state index contributed by atoms with van der Waals surface area (Å²) in [4.78, 5) is 21.4. The van der Waals surface area contributed by atoms with Gasteiger partial charge >= 0.3 is 0 Å². The van der Waals surface area contributed by atoms with Gasteiger partial charge in [-0.15, -0.1) is 12.3 Å². The monoisotopic (exact) mass is 168 g/mol. The van der Waals surface area contributed by atoms with E-state index in [4.69, 9.17) is 12.2 Å². The molecule has 1 amide bonds. The SMILES string of the molecule is C#CCC(N)C(=O)NCC(C)=O. The van der Waals surface area contributed by atoms with Crippen LogP contribution in [0.2, 0.25) is 0 Å².